The van der Waals surface area contributed by atoms with Crippen LogP contribution >= 0.6 is 11.6 Å². The predicted octanol–water partition coefficient (Wildman–Crippen LogP) is 2.75. The number of halogens is 1. The Morgan fingerprint density at radius 1 is 1.25 bits per heavy atom. The standard InChI is InChI=1S/C18H17ClN6O3/c1-27-17-8-20-16(7-21-17)13-4-15-10(3-14(13)19)2-11(24-15)5-22-18(26)25-12-6-23-28-9-12/h2-4,6-9,18,22,24-26H,5H2,1H3. The Morgan fingerprint density at radius 2 is 2.14 bits per heavy atom. The summed E-state index contributed by atoms with van der Waals surface area (Å²) >= 11 is 6.43. The van der Waals surface area contributed by atoms with Crippen LogP contribution in [0, 0.1) is 0 Å². The minimum atomic E-state index is -0.959. The van der Waals surface area contributed by atoms with E-state index in [1.807, 2.05) is 18.2 Å². The number of nitrogens with zero attached hydrogens (tertiary/aromatic N) is 3. The lowest BCUT2D eigenvalue weighted by atomic mass is 10.1. The van der Waals surface area contributed by atoms with E-state index in [-0.39, 0.29) is 0 Å². The average Bonchev–Trinajstić information content (AvgIpc) is 3.35. The lowest BCUT2D eigenvalue weighted by Crippen LogP contribution is -2.35. The summed E-state index contributed by atoms with van der Waals surface area (Å²) in [6.07, 6.45) is 5.08. The first kappa shape index (κ1) is 18.2. The molecule has 0 spiro atoms. The van der Waals surface area contributed by atoms with Crippen molar-refractivity contribution in [1.29, 1.82) is 0 Å². The maximum Gasteiger partial charge on any atom is 0.232 e. The maximum absolute atomic E-state index is 9.98. The van der Waals surface area contributed by atoms with Crippen LogP contribution in [0.15, 0.2) is 47.6 Å². The van der Waals surface area contributed by atoms with Crippen molar-refractivity contribution in [3.8, 4) is 17.1 Å². The molecule has 0 fully saturated rings. The van der Waals surface area contributed by atoms with Crippen molar-refractivity contribution in [1.82, 2.24) is 25.4 Å². The van der Waals surface area contributed by atoms with Gasteiger partial charge in [0.15, 0.2) is 6.35 Å². The third-order valence-electron chi connectivity index (χ3n) is 4.10. The molecule has 3 heterocycles. The van der Waals surface area contributed by atoms with Gasteiger partial charge in [0, 0.05) is 28.7 Å². The summed E-state index contributed by atoms with van der Waals surface area (Å²) in [5.74, 6) is 0.438. The summed E-state index contributed by atoms with van der Waals surface area (Å²) < 4.78 is 9.74. The Labute approximate surface area is 164 Å². The van der Waals surface area contributed by atoms with E-state index in [2.05, 4.69) is 30.7 Å². The van der Waals surface area contributed by atoms with Crippen molar-refractivity contribution in [2.24, 2.45) is 0 Å². The fourth-order valence-electron chi connectivity index (χ4n) is 2.76. The number of anilines is 1. The highest BCUT2D eigenvalue weighted by atomic mass is 35.5. The molecule has 0 radical (unpaired) electrons. The van der Waals surface area contributed by atoms with Gasteiger partial charge in [-0.25, -0.2) is 9.97 Å². The molecule has 9 nitrogen and oxygen atoms in total. The average molecular weight is 401 g/mol. The van der Waals surface area contributed by atoms with Crippen molar-refractivity contribution >= 4 is 28.2 Å². The van der Waals surface area contributed by atoms with Crippen LogP contribution in [-0.2, 0) is 6.54 Å². The molecule has 3 aromatic heterocycles. The van der Waals surface area contributed by atoms with E-state index in [9.17, 15) is 5.11 Å². The number of fused-ring (bicyclic) bond motifs is 1. The number of benzene rings is 1. The molecule has 1 atom stereocenters. The number of H-pyrrole nitrogens is 1. The van der Waals surface area contributed by atoms with E-state index < -0.39 is 6.35 Å². The van der Waals surface area contributed by atoms with Crippen LogP contribution in [0.1, 0.15) is 5.69 Å². The summed E-state index contributed by atoms with van der Waals surface area (Å²) in [5, 5.41) is 20.8. The van der Waals surface area contributed by atoms with Gasteiger partial charge in [0.2, 0.25) is 5.88 Å². The Morgan fingerprint density at radius 3 is 2.86 bits per heavy atom. The van der Waals surface area contributed by atoms with Crippen molar-refractivity contribution in [2.75, 3.05) is 12.4 Å². The third kappa shape index (κ3) is 3.91. The Kier molecular flexibility index (Phi) is 5.11. The summed E-state index contributed by atoms with van der Waals surface area (Å²) in [6.45, 7) is 0.406. The lowest BCUT2D eigenvalue weighted by Gasteiger charge is -2.13. The smallest absolute Gasteiger partial charge is 0.232 e. The van der Waals surface area contributed by atoms with Crippen LogP contribution < -0.4 is 15.4 Å². The SMILES string of the molecule is COc1cnc(-c2cc3[nH]c(CNC(O)Nc4cnoc4)cc3cc2Cl)cn1. The van der Waals surface area contributed by atoms with Crippen molar-refractivity contribution in [3.05, 3.63) is 53.8 Å². The number of aromatic nitrogens is 4. The van der Waals surface area contributed by atoms with Gasteiger partial charge >= 0.3 is 0 Å². The monoisotopic (exact) mass is 400 g/mol. The molecule has 28 heavy (non-hydrogen) atoms. The summed E-state index contributed by atoms with van der Waals surface area (Å²) in [7, 11) is 1.54. The number of nitrogens with one attached hydrogen (secondary N) is 3. The molecule has 10 heteroatoms. The highest BCUT2D eigenvalue weighted by Gasteiger charge is 2.11. The van der Waals surface area contributed by atoms with Crippen molar-refractivity contribution in [3.63, 3.8) is 0 Å². The highest BCUT2D eigenvalue weighted by molar-refractivity contribution is 6.34. The van der Waals surface area contributed by atoms with Gasteiger partial charge in [-0.1, -0.05) is 16.8 Å². The fourth-order valence-corrected chi connectivity index (χ4v) is 3.03. The van der Waals surface area contributed by atoms with Gasteiger partial charge in [-0.15, -0.1) is 0 Å². The second-order valence-corrected chi connectivity index (χ2v) is 6.41. The molecule has 1 unspecified atom stereocenters. The first-order chi connectivity index (χ1) is 13.6. The molecule has 0 bridgehead atoms. The number of hydrogen-bond donors (Lipinski definition) is 4. The van der Waals surface area contributed by atoms with E-state index in [0.717, 1.165) is 22.2 Å². The second kappa shape index (κ2) is 7.85. The highest BCUT2D eigenvalue weighted by Crippen LogP contribution is 2.31. The maximum atomic E-state index is 9.98. The van der Waals surface area contributed by atoms with Crippen LogP contribution in [0.2, 0.25) is 5.02 Å². The Bertz CT molecular complexity index is 1070. The zero-order valence-electron chi connectivity index (χ0n) is 14.8. The number of hydrogen-bond acceptors (Lipinski definition) is 8. The molecule has 4 rings (SSSR count). The largest absolute Gasteiger partial charge is 0.480 e. The number of aromatic amines is 1. The molecular formula is C18H17ClN6O3. The lowest BCUT2D eigenvalue weighted by molar-refractivity contribution is 0.163. The van der Waals surface area contributed by atoms with Gasteiger partial charge in [0.05, 0.1) is 42.1 Å². The number of aliphatic hydroxyl groups excluding tert-OH is 1. The molecule has 4 aromatic rings. The normalized spacial score (nSPS) is 12.2. The van der Waals surface area contributed by atoms with E-state index in [0.29, 0.717) is 28.8 Å². The number of ether oxygens (including phenoxy) is 1. The van der Waals surface area contributed by atoms with Crippen molar-refractivity contribution in [2.45, 2.75) is 12.9 Å². The zero-order chi connectivity index (χ0) is 19.5. The minimum absolute atomic E-state index is 0.406. The van der Waals surface area contributed by atoms with Gasteiger partial charge in [0.1, 0.15) is 6.26 Å². The van der Waals surface area contributed by atoms with Crippen LogP contribution in [0.5, 0.6) is 5.88 Å². The summed E-state index contributed by atoms with van der Waals surface area (Å²) in [5.41, 5.74) is 3.77. The third-order valence-corrected chi connectivity index (χ3v) is 4.41. The molecule has 4 N–H and O–H groups in total. The van der Waals surface area contributed by atoms with E-state index >= 15 is 0 Å². The van der Waals surface area contributed by atoms with E-state index in [1.165, 1.54) is 19.6 Å². The van der Waals surface area contributed by atoms with Crippen LogP contribution in [0.3, 0.4) is 0 Å². The quantitative estimate of drug-likeness (QED) is 0.349. The number of rotatable bonds is 7. The van der Waals surface area contributed by atoms with Crippen LogP contribution in [-0.4, -0.2) is 38.7 Å². The van der Waals surface area contributed by atoms with Gasteiger partial charge in [-0.05, 0) is 18.2 Å². The molecule has 1 aromatic carbocycles. The molecule has 0 amide bonds. The van der Waals surface area contributed by atoms with E-state index in [1.54, 1.807) is 12.4 Å². The van der Waals surface area contributed by atoms with Gasteiger partial charge < -0.3 is 24.7 Å². The zero-order valence-corrected chi connectivity index (χ0v) is 15.6. The van der Waals surface area contributed by atoms with Crippen LogP contribution in [0.25, 0.3) is 22.2 Å². The molecule has 0 aliphatic rings. The molecule has 0 saturated heterocycles. The molecule has 0 aliphatic carbocycles. The fraction of sp³-hybridized carbons (Fsp3) is 0.167. The second-order valence-electron chi connectivity index (χ2n) is 6.00. The molecule has 0 saturated carbocycles. The van der Waals surface area contributed by atoms with Gasteiger partial charge in [-0.3, -0.25) is 5.32 Å². The van der Waals surface area contributed by atoms with Gasteiger partial charge in [-0.2, -0.15) is 0 Å². The molecular weight excluding hydrogens is 384 g/mol. The van der Waals surface area contributed by atoms with Gasteiger partial charge in [0.25, 0.3) is 0 Å². The Balaban J connectivity index is 1.50. The number of aliphatic hydroxyl groups is 1. The Hall–Kier alpha value is -3.14. The summed E-state index contributed by atoms with van der Waals surface area (Å²) in [4.78, 5) is 11.8. The summed E-state index contributed by atoms with van der Waals surface area (Å²) in [6, 6.07) is 5.75. The molecule has 144 valence electrons. The minimum Gasteiger partial charge on any atom is -0.480 e. The number of methoxy groups -OCH3 is 1. The first-order valence-electron chi connectivity index (χ1n) is 8.37. The molecule has 0 aliphatic heterocycles. The van der Waals surface area contributed by atoms with E-state index in [4.69, 9.17) is 20.9 Å². The topological polar surface area (TPSA) is 121 Å². The van der Waals surface area contributed by atoms with Crippen molar-refractivity contribution < 1.29 is 14.4 Å². The first-order valence-corrected chi connectivity index (χ1v) is 8.75. The van der Waals surface area contributed by atoms with Crippen LogP contribution in [0.4, 0.5) is 5.69 Å². The predicted molar refractivity (Wildman–Crippen MR) is 104 cm³/mol.